The lowest BCUT2D eigenvalue weighted by Crippen LogP contribution is -1.75. The van der Waals surface area contributed by atoms with Crippen molar-refractivity contribution in [2.75, 3.05) is 0 Å². The monoisotopic (exact) mass is 132 g/mol. The molecule has 0 aromatic heterocycles. The largest absolute Gasteiger partial charge is 0.457 e. The van der Waals surface area contributed by atoms with Gasteiger partial charge in [0.15, 0.2) is 5.76 Å². The Hall–Kier alpha value is -1.24. The van der Waals surface area contributed by atoms with Crippen LogP contribution in [0.15, 0.2) is 30.5 Å². The van der Waals surface area contributed by atoms with Crippen LogP contribution in [0.1, 0.15) is 11.1 Å². The third kappa shape index (κ3) is 0.903. The Labute approximate surface area is 59.9 Å². The molecule has 1 heterocycles. The van der Waals surface area contributed by atoms with Crippen LogP contribution in [0.4, 0.5) is 0 Å². The minimum absolute atomic E-state index is 1.00. The first-order chi connectivity index (χ1) is 4.86. The third-order valence-electron chi connectivity index (χ3n) is 1.54. The summed E-state index contributed by atoms with van der Waals surface area (Å²) in [6.45, 7) is 2.08. The van der Waals surface area contributed by atoms with Crippen LogP contribution in [0, 0.1) is 6.92 Å². The predicted octanol–water partition coefficient (Wildman–Crippen LogP) is 2.32. The number of ether oxygens (including phenoxy) is 1. The second kappa shape index (κ2) is 1.87. The molecule has 1 nitrogen and oxygen atoms in total. The molecule has 0 atom stereocenters. The maximum absolute atomic E-state index is 4.94. The van der Waals surface area contributed by atoms with Gasteiger partial charge in [0.25, 0.3) is 0 Å². The first-order valence-electron chi connectivity index (χ1n) is 3.30. The summed E-state index contributed by atoms with van der Waals surface area (Å²) < 4.78 is 4.94. The molecule has 10 heavy (non-hydrogen) atoms. The third-order valence-corrected chi connectivity index (χ3v) is 1.54. The minimum Gasteiger partial charge on any atom is -0.457 e. The van der Waals surface area contributed by atoms with Gasteiger partial charge in [0.1, 0.15) is 6.26 Å². The summed E-state index contributed by atoms with van der Waals surface area (Å²) in [5.41, 5.74) is 2.45. The van der Waals surface area contributed by atoms with E-state index < -0.39 is 0 Å². The highest BCUT2D eigenvalue weighted by molar-refractivity contribution is 5.67. The van der Waals surface area contributed by atoms with E-state index in [1.165, 1.54) is 11.1 Å². The van der Waals surface area contributed by atoms with Crippen molar-refractivity contribution in [1.29, 1.82) is 0 Å². The molecule has 0 aliphatic carbocycles. The van der Waals surface area contributed by atoms with E-state index in [0.717, 1.165) is 5.76 Å². The Kier molecular flexibility index (Phi) is 1.04. The number of aryl methyl sites for hydroxylation is 1. The number of hydrogen-bond donors (Lipinski definition) is 0. The van der Waals surface area contributed by atoms with Crippen molar-refractivity contribution in [1.82, 2.24) is 0 Å². The molecule has 1 aliphatic heterocycles. The first kappa shape index (κ1) is 5.54. The fourth-order valence-electron chi connectivity index (χ4n) is 0.964. The molecule has 0 saturated carbocycles. The van der Waals surface area contributed by atoms with Crippen LogP contribution in [0.25, 0.3) is 5.76 Å². The Morgan fingerprint density at radius 2 is 2.10 bits per heavy atom. The molecule has 50 valence electrons. The number of rotatable bonds is 1. The maximum Gasteiger partial charge on any atom is 0.168 e. The standard InChI is InChI=1S/C9H8O/c1-7-3-2-4-8(5-7)9-6-10-9/h2-6H,1H3. The summed E-state index contributed by atoms with van der Waals surface area (Å²) >= 11 is 0. The van der Waals surface area contributed by atoms with Gasteiger partial charge < -0.3 is 4.74 Å². The van der Waals surface area contributed by atoms with Gasteiger partial charge in [-0.2, -0.15) is 0 Å². The smallest absolute Gasteiger partial charge is 0.168 e. The van der Waals surface area contributed by atoms with Gasteiger partial charge in [0.2, 0.25) is 0 Å². The van der Waals surface area contributed by atoms with Crippen LogP contribution in [0.5, 0.6) is 0 Å². The lowest BCUT2D eigenvalue weighted by Gasteiger charge is -1.92. The summed E-state index contributed by atoms with van der Waals surface area (Å²) in [4.78, 5) is 0. The van der Waals surface area contributed by atoms with Gasteiger partial charge in [-0.05, 0) is 13.0 Å². The second-order valence-corrected chi connectivity index (χ2v) is 2.47. The maximum atomic E-state index is 4.94. The fraction of sp³-hybridized carbons (Fsp3) is 0.111. The van der Waals surface area contributed by atoms with Crippen molar-refractivity contribution in [2.45, 2.75) is 6.92 Å². The van der Waals surface area contributed by atoms with Crippen LogP contribution in [-0.2, 0) is 4.74 Å². The molecule has 0 spiro atoms. The van der Waals surface area contributed by atoms with Gasteiger partial charge in [-0.3, -0.25) is 0 Å². The molecule has 1 aromatic carbocycles. The van der Waals surface area contributed by atoms with E-state index in [2.05, 4.69) is 19.1 Å². The van der Waals surface area contributed by atoms with Gasteiger partial charge in [-0.1, -0.05) is 23.8 Å². The van der Waals surface area contributed by atoms with E-state index in [1.807, 2.05) is 12.1 Å². The molecule has 0 N–H and O–H groups in total. The average molecular weight is 132 g/mol. The molecular formula is C9H8O. The Balaban J connectivity index is 2.42. The van der Waals surface area contributed by atoms with Gasteiger partial charge in [-0.25, -0.2) is 0 Å². The van der Waals surface area contributed by atoms with Crippen LogP contribution in [0.3, 0.4) is 0 Å². The summed E-state index contributed by atoms with van der Waals surface area (Å²) in [5, 5.41) is 0. The van der Waals surface area contributed by atoms with Gasteiger partial charge in [0.05, 0.1) is 0 Å². The highest BCUT2D eigenvalue weighted by Crippen LogP contribution is 2.26. The van der Waals surface area contributed by atoms with Gasteiger partial charge in [0, 0.05) is 5.56 Å². The van der Waals surface area contributed by atoms with E-state index in [9.17, 15) is 0 Å². The number of benzene rings is 1. The predicted molar refractivity (Wildman–Crippen MR) is 40.2 cm³/mol. The van der Waals surface area contributed by atoms with E-state index in [0.29, 0.717) is 0 Å². The number of hydrogen-bond acceptors (Lipinski definition) is 1. The molecule has 0 radical (unpaired) electrons. The van der Waals surface area contributed by atoms with Crippen molar-refractivity contribution >= 4 is 5.76 Å². The highest BCUT2D eigenvalue weighted by atomic mass is 16.5. The van der Waals surface area contributed by atoms with Crippen molar-refractivity contribution in [3.63, 3.8) is 0 Å². The summed E-state index contributed by atoms with van der Waals surface area (Å²) in [5.74, 6) is 1.00. The highest BCUT2D eigenvalue weighted by Gasteiger charge is 2.11. The molecule has 2 rings (SSSR count). The first-order valence-corrected chi connectivity index (χ1v) is 3.30. The Morgan fingerprint density at radius 1 is 1.30 bits per heavy atom. The SMILES string of the molecule is Cc1cccc(C2=CO2)c1. The molecule has 1 aromatic rings. The summed E-state index contributed by atoms with van der Waals surface area (Å²) in [7, 11) is 0. The molecule has 0 fully saturated rings. The van der Waals surface area contributed by atoms with Gasteiger partial charge >= 0.3 is 0 Å². The Morgan fingerprint density at radius 3 is 2.70 bits per heavy atom. The normalized spacial score (nSPS) is 13.9. The zero-order valence-corrected chi connectivity index (χ0v) is 5.79. The van der Waals surface area contributed by atoms with Crippen molar-refractivity contribution in [2.24, 2.45) is 0 Å². The molecular weight excluding hydrogens is 124 g/mol. The van der Waals surface area contributed by atoms with Crippen LogP contribution < -0.4 is 0 Å². The summed E-state index contributed by atoms with van der Waals surface area (Å²) in [6, 6.07) is 8.27. The van der Waals surface area contributed by atoms with Crippen molar-refractivity contribution in [3.05, 3.63) is 41.7 Å². The zero-order valence-electron chi connectivity index (χ0n) is 5.79. The minimum atomic E-state index is 1.00. The molecule has 0 saturated heterocycles. The molecule has 0 bridgehead atoms. The second-order valence-electron chi connectivity index (χ2n) is 2.47. The Bertz CT molecular complexity index is 287. The van der Waals surface area contributed by atoms with Crippen LogP contribution >= 0.6 is 0 Å². The van der Waals surface area contributed by atoms with E-state index in [4.69, 9.17) is 4.74 Å². The lowest BCUT2D eigenvalue weighted by atomic mass is 10.1. The van der Waals surface area contributed by atoms with Crippen molar-refractivity contribution in [3.8, 4) is 0 Å². The van der Waals surface area contributed by atoms with Crippen molar-refractivity contribution < 1.29 is 4.74 Å². The summed E-state index contributed by atoms with van der Waals surface area (Å²) in [6.07, 6.45) is 1.76. The van der Waals surface area contributed by atoms with E-state index in [-0.39, 0.29) is 0 Å². The molecule has 0 amide bonds. The van der Waals surface area contributed by atoms with E-state index in [1.54, 1.807) is 6.26 Å². The van der Waals surface area contributed by atoms with Crippen LogP contribution in [-0.4, -0.2) is 0 Å². The quantitative estimate of drug-likeness (QED) is 0.571. The lowest BCUT2D eigenvalue weighted by molar-refractivity contribution is 0.563. The fourth-order valence-corrected chi connectivity index (χ4v) is 0.964. The molecule has 1 aliphatic rings. The zero-order chi connectivity index (χ0) is 6.97. The topological polar surface area (TPSA) is 12.5 Å². The van der Waals surface area contributed by atoms with E-state index >= 15 is 0 Å². The average Bonchev–Trinajstić information content (AvgIpc) is 2.68. The molecule has 0 unspecified atom stereocenters. The van der Waals surface area contributed by atoms with Crippen LogP contribution in [0.2, 0.25) is 0 Å². The van der Waals surface area contributed by atoms with Gasteiger partial charge in [-0.15, -0.1) is 0 Å². The molecule has 1 heteroatoms.